The van der Waals surface area contributed by atoms with Gasteiger partial charge in [-0.1, -0.05) is 12.1 Å². The fraction of sp³-hybridized carbons (Fsp3) is 0.333. The van der Waals surface area contributed by atoms with Crippen molar-refractivity contribution in [3.63, 3.8) is 0 Å². The molecule has 1 aromatic carbocycles. The average Bonchev–Trinajstić information content (AvgIpc) is 2.03. The molecule has 0 aliphatic heterocycles. The van der Waals surface area contributed by atoms with Crippen LogP contribution >= 0.6 is 0 Å². The number of halogens is 1. The molecule has 2 atom stereocenters. The molecule has 1 rings (SSSR count). The maximum Gasteiger partial charge on any atom is 0.130 e. The predicted octanol–water partition coefficient (Wildman–Crippen LogP) is -2.94. The third kappa shape index (κ3) is 3.22. The molecule has 0 aliphatic rings. The summed E-state index contributed by atoms with van der Waals surface area (Å²) in [4.78, 5) is 0. The number of rotatable bonds is 2. The lowest BCUT2D eigenvalue weighted by molar-refractivity contribution is -0.433. The van der Waals surface area contributed by atoms with Crippen LogP contribution in [0.4, 0.5) is 0 Å². The van der Waals surface area contributed by atoms with Crippen LogP contribution in [-0.2, 0) is 0 Å². The van der Waals surface area contributed by atoms with E-state index in [-0.39, 0.29) is 24.2 Å². The summed E-state index contributed by atoms with van der Waals surface area (Å²) in [6.45, 7) is 1.83. The van der Waals surface area contributed by atoms with Gasteiger partial charge in [-0.05, 0) is 24.6 Å². The van der Waals surface area contributed by atoms with E-state index in [1.165, 1.54) is 0 Å². The van der Waals surface area contributed by atoms with Gasteiger partial charge in [0.25, 0.3) is 0 Å². The Morgan fingerprint density at radius 3 is 2.46 bits per heavy atom. The number of aliphatic hydroxyl groups excluding tert-OH is 1. The van der Waals surface area contributed by atoms with Crippen molar-refractivity contribution in [2.24, 2.45) is 0 Å². The molecule has 5 N–H and O–H groups in total. The van der Waals surface area contributed by atoms with Crippen LogP contribution in [0.5, 0.6) is 5.75 Å². The molecule has 13 heavy (non-hydrogen) atoms. The Balaban J connectivity index is 0.00000144. The standard InChI is InChI=1S/C9H13NO2.ClH/c1-6(10)9(12)7-3-2-4-8(11)5-7;/h2-6,9,11-12H,10H2,1H3;1H. The third-order valence-electron chi connectivity index (χ3n) is 1.75. The predicted molar refractivity (Wildman–Crippen MR) is 45.4 cm³/mol. The van der Waals surface area contributed by atoms with Crippen molar-refractivity contribution in [2.75, 3.05) is 0 Å². The summed E-state index contributed by atoms with van der Waals surface area (Å²) in [6, 6.07) is 6.52. The molecule has 2 unspecified atom stereocenters. The van der Waals surface area contributed by atoms with Crippen molar-refractivity contribution in [2.45, 2.75) is 19.1 Å². The second-order valence-electron chi connectivity index (χ2n) is 3.02. The van der Waals surface area contributed by atoms with Crippen molar-refractivity contribution in [3.05, 3.63) is 29.8 Å². The molecule has 0 aliphatic carbocycles. The van der Waals surface area contributed by atoms with Gasteiger partial charge in [-0.15, -0.1) is 0 Å². The number of hydrogen-bond acceptors (Lipinski definition) is 2. The van der Waals surface area contributed by atoms with Gasteiger partial charge in [0.1, 0.15) is 17.9 Å². The quantitative estimate of drug-likeness (QED) is 0.482. The molecule has 0 radical (unpaired) electrons. The average molecular weight is 204 g/mol. The van der Waals surface area contributed by atoms with Crippen LogP contribution in [0.25, 0.3) is 0 Å². The van der Waals surface area contributed by atoms with E-state index >= 15 is 0 Å². The van der Waals surface area contributed by atoms with Crippen molar-refractivity contribution in [1.82, 2.24) is 0 Å². The maximum atomic E-state index is 9.55. The van der Waals surface area contributed by atoms with E-state index < -0.39 is 6.10 Å². The SMILES string of the molecule is CC([NH3+])C(O)c1cccc(O)c1.[Cl-]. The van der Waals surface area contributed by atoms with Gasteiger partial charge >= 0.3 is 0 Å². The first kappa shape index (κ1) is 12.2. The number of quaternary nitrogens is 1. The molecule has 74 valence electrons. The summed E-state index contributed by atoms with van der Waals surface area (Å²) in [6.07, 6.45) is -0.600. The van der Waals surface area contributed by atoms with Gasteiger partial charge in [-0.25, -0.2) is 0 Å². The molecular weight excluding hydrogens is 190 g/mol. The fourth-order valence-electron chi connectivity index (χ4n) is 1.04. The Labute approximate surface area is 83.6 Å². The van der Waals surface area contributed by atoms with E-state index in [1.54, 1.807) is 24.3 Å². The molecule has 0 saturated heterocycles. The lowest BCUT2D eigenvalue weighted by Crippen LogP contribution is -3.00. The van der Waals surface area contributed by atoms with E-state index in [2.05, 4.69) is 5.73 Å². The largest absolute Gasteiger partial charge is 1.00 e. The maximum absolute atomic E-state index is 9.55. The van der Waals surface area contributed by atoms with Gasteiger partial charge in [0.05, 0.1) is 0 Å². The number of aliphatic hydroxyl groups is 1. The summed E-state index contributed by atoms with van der Waals surface area (Å²) < 4.78 is 0. The number of aromatic hydroxyl groups is 1. The third-order valence-corrected chi connectivity index (χ3v) is 1.75. The van der Waals surface area contributed by atoms with Crippen molar-refractivity contribution >= 4 is 0 Å². The van der Waals surface area contributed by atoms with Crippen molar-refractivity contribution in [1.29, 1.82) is 0 Å². The molecule has 3 nitrogen and oxygen atoms in total. The van der Waals surface area contributed by atoms with E-state index in [0.29, 0.717) is 5.56 Å². The minimum atomic E-state index is -0.600. The van der Waals surface area contributed by atoms with Gasteiger partial charge in [-0.2, -0.15) is 0 Å². The zero-order valence-corrected chi connectivity index (χ0v) is 8.20. The van der Waals surface area contributed by atoms with E-state index in [4.69, 9.17) is 5.11 Å². The zero-order chi connectivity index (χ0) is 9.14. The van der Waals surface area contributed by atoms with Gasteiger partial charge < -0.3 is 28.4 Å². The van der Waals surface area contributed by atoms with Crippen LogP contribution in [0, 0.1) is 0 Å². The summed E-state index contributed by atoms with van der Waals surface area (Å²) in [7, 11) is 0. The van der Waals surface area contributed by atoms with Crippen LogP contribution < -0.4 is 18.1 Å². The second-order valence-corrected chi connectivity index (χ2v) is 3.02. The summed E-state index contributed by atoms with van der Waals surface area (Å²) in [5.74, 6) is 0.173. The zero-order valence-electron chi connectivity index (χ0n) is 7.44. The van der Waals surface area contributed by atoms with Crippen LogP contribution in [0.15, 0.2) is 24.3 Å². The first-order chi connectivity index (χ1) is 5.61. The van der Waals surface area contributed by atoms with Gasteiger partial charge in [-0.3, -0.25) is 0 Å². The highest BCUT2D eigenvalue weighted by atomic mass is 35.5. The summed E-state index contributed by atoms with van der Waals surface area (Å²) in [5, 5.41) is 18.7. The molecule has 1 aromatic rings. The Kier molecular flexibility index (Phi) is 4.77. The topological polar surface area (TPSA) is 68.1 Å². The number of phenols is 1. The smallest absolute Gasteiger partial charge is 0.130 e. The Morgan fingerprint density at radius 1 is 1.38 bits per heavy atom. The van der Waals surface area contributed by atoms with Crippen molar-refractivity contribution in [3.8, 4) is 5.75 Å². The molecule has 0 aromatic heterocycles. The second kappa shape index (κ2) is 5.07. The van der Waals surface area contributed by atoms with E-state index in [0.717, 1.165) is 0 Å². The summed E-state index contributed by atoms with van der Waals surface area (Å²) >= 11 is 0. The van der Waals surface area contributed by atoms with Crippen LogP contribution in [0.1, 0.15) is 18.6 Å². The molecule has 0 heterocycles. The first-order valence-corrected chi connectivity index (χ1v) is 3.91. The van der Waals surface area contributed by atoms with E-state index in [9.17, 15) is 5.11 Å². The first-order valence-electron chi connectivity index (χ1n) is 3.91. The lowest BCUT2D eigenvalue weighted by Gasteiger charge is -2.11. The van der Waals surface area contributed by atoms with Crippen LogP contribution in [-0.4, -0.2) is 16.3 Å². The van der Waals surface area contributed by atoms with Gasteiger partial charge in [0, 0.05) is 0 Å². The van der Waals surface area contributed by atoms with Crippen molar-refractivity contribution < 1.29 is 28.4 Å². The number of benzene rings is 1. The lowest BCUT2D eigenvalue weighted by atomic mass is 10.0. The molecule has 0 amide bonds. The molecule has 0 saturated carbocycles. The fourth-order valence-corrected chi connectivity index (χ4v) is 1.04. The molecule has 0 spiro atoms. The highest BCUT2D eigenvalue weighted by Crippen LogP contribution is 2.18. The Bertz CT molecular complexity index is 266. The summed E-state index contributed by atoms with van der Waals surface area (Å²) in [5.41, 5.74) is 4.42. The number of phenolic OH excluding ortho intramolecular Hbond substituents is 1. The highest BCUT2D eigenvalue weighted by Gasteiger charge is 2.14. The van der Waals surface area contributed by atoms with Crippen LogP contribution in [0.2, 0.25) is 0 Å². The normalized spacial score (nSPS) is 14.4. The molecule has 4 heteroatoms. The minimum Gasteiger partial charge on any atom is -1.00 e. The molecule has 0 fully saturated rings. The highest BCUT2D eigenvalue weighted by molar-refractivity contribution is 5.28. The Hall–Kier alpha value is -0.770. The van der Waals surface area contributed by atoms with Gasteiger partial charge in [0.2, 0.25) is 0 Å². The van der Waals surface area contributed by atoms with Crippen LogP contribution in [0.3, 0.4) is 0 Å². The Morgan fingerprint density at radius 2 is 2.00 bits per heavy atom. The molecule has 0 bridgehead atoms. The van der Waals surface area contributed by atoms with E-state index in [1.807, 2.05) is 6.92 Å². The minimum absolute atomic E-state index is 0. The van der Waals surface area contributed by atoms with Gasteiger partial charge in [0.15, 0.2) is 0 Å². The number of hydrogen-bond donors (Lipinski definition) is 3. The monoisotopic (exact) mass is 203 g/mol. The molecular formula is C9H14ClNO2.